The van der Waals surface area contributed by atoms with Crippen molar-refractivity contribution in [1.29, 1.82) is 0 Å². The number of carbonyl (C=O) groups is 2. The molecule has 2 aromatic carbocycles. The van der Waals surface area contributed by atoms with E-state index < -0.39 is 0 Å². The average molecular weight is 405 g/mol. The summed E-state index contributed by atoms with van der Waals surface area (Å²) in [6.45, 7) is 5.61. The van der Waals surface area contributed by atoms with Gasteiger partial charge in [-0.15, -0.1) is 0 Å². The van der Waals surface area contributed by atoms with Crippen molar-refractivity contribution in [3.05, 3.63) is 71.5 Å². The van der Waals surface area contributed by atoms with Gasteiger partial charge in [0.15, 0.2) is 0 Å². The van der Waals surface area contributed by atoms with E-state index >= 15 is 0 Å². The molecule has 4 rings (SSSR count). The fourth-order valence-electron chi connectivity index (χ4n) is 3.81. The van der Waals surface area contributed by atoms with Crippen LogP contribution < -0.4 is 5.32 Å². The number of hydrogen-bond acceptors (Lipinski definition) is 4. The molecule has 3 aromatic rings. The molecular weight excluding hydrogens is 378 g/mol. The maximum atomic E-state index is 12.8. The summed E-state index contributed by atoms with van der Waals surface area (Å²) >= 11 is 0. The van der Waals surface area contributed by atoms with Crippen molar-refractivity contribution in [2.45, 2.75) is 19.9 Å². The zero-order valence-corrected chi connectivity index (χ0v) is 17.3. The molecule has 1 N–H and O–H groups in total. The standard InChI is InChI=1S/C24H27N3O3/c1-18-7-8-21-20(17-30-22(21)13-18)14-24(29)27-11-9-26(10-12-27)16-23(28)25-15-19-5-3-2-4-6-19/h2-8,13,17H,9-12,14-16H2,1H3,(H,25,28). The summed E-state index contributed by atoms with van der Waals surface area (Å²) in [7, 11) is 0. The van der Waals surface area contributed by atoms with Crippen LogP contribution in [0.15, 0.2) is 59.2 Å². The number of hydrogen-bond donors (Lipinski definition) is 1. The minimum absolute atomic E-state index is 0.0128. The van der Waals surface area contributed by atoms with Gasteiger partial charge in [0.05, 0.1) is 19.2 Å². The van der Waals surface area contributed by atoms with Crippen LogP contribution in [0.25, 0.3) is 11.0 Å². The number of nitrogens with zero attached hydrogens (tertiary/aromatic N) is 2. The molecule has 1 aliphatic heterocycles. The first-order valence-electron chi connectivity index (χ1n) is 10.4. The Bertz CT molecular complexity index is 1020. The topological polar surface area (TPSA) is 65.8 Å². The van der Waals surface area contributed by atoms with Crippen LogP contribution >= 0.6 is 0 Å². The smallest absolute Gasteiger partial charge is 0.234 e. The van der Waals surface area contributed by atoms with E-state index in [9.17, 15) is 9.59 Å². The van der Waals surface area contributed by atoms with E-state index in [0.717, 1.165) is 27.7 Å². The van der Waals surface area contributed by atoms with Crippen molar-refractivity contribution in [2.24, 2.45) is 0 Å². The molecule has 1 fully saturated rings. The Morgan fingerprint density at radius 2 is 1.80 bits per heavy atom. The highest BCUT2D eigenvalue weighted by Gasteiger charge is 2.23. The molecule has 0 unspecified atom stereocenters. The normalized spacial score (nSPS) is 14.8. The Morgan fingerprint density at radius 3 is 2.57 bits per heavy atom. The Morgan fingerprint density at radius 1 is 1.03 bits per heavy atom. The van der Waals surface area contributed by atoms with E-state index in [1.807, 2.05) is 60.4 Å². The lowest BCUT2D eigenvalue weighted by atomic mass is 10.1. The molecule has 0 aliphatic carbocycles. The second-order valence-electron chi connectivity index (χ2n) is 7.86. The highest BCUT2D eigenvalue weighted by atomic mass is 16.3. The Hall–Kier alpha value is -3.12. The second-order valence-corrected chi connectivity index (χ2v) is 7.86. The monoisotopic (exact) mass is 405 g/mol. The van der Waals surface area contributed by atoms with Crippen molar-refractivity contribution >= 4 is 22.8 Å². The van der Waals surface area contributed by atoms with Gasteiger partial charge in [0, 0.05) is 43.7 Å². The lowest BCUT2D eigenvalue weighted by molar-refractivity contribution is -0.132. The van der Waals surface area contributed by atoms with E-state index in [0.29, 0.717) is 45.7 Å². The molecule has 0 bridgehead atoms. The number of benzene rings is 2. The molecule has 2 amide bonds. The predicted octanol–water partition coefficient (Wildman–Crippen LogP) is 2.74. The first-order valence-corrected chi connectivity index (χ1v) is 10.4. The molecule has 156 valence electrons. The molecule has 0 atom stereocenters. The fourth-order valence-corrected chi connectivity index (χ4v) is 3.81. The molecule has 1 aliphatic rings. The van der Waals surface area contributed by atoms with Gasteiger partial charge < -0.3 is 14.6 Å². The van der Waals surface area contributed by atoms with Crippen LogP contribution in [0.2, 0.25) is 0 Å². The highest BCUT2D eigenvalue weighted by molar-refractivity contribution is 5.88. The molecule has 0 radical (unpaired) electrons. The number of aryl methyl sites for hydroxylation is 1. The number of nitrogens with one attached hydrogen (secondary N) is 1. The van der Waals surface area contributed by atoms with E-state index in [1.165, 1.54) is 0 Å². The van der Waals surface area contributed by atoms with Crippen molar-refractivity contribution < 1.29 is 14.0 Å². The minimum atomic E-state index is 0.0128. The van der Waals surface area contributed by atoms with E-state index in [4.69, 9.17) is 4.42 Å². The van der Waals surface area contributed by atoms with Gasteiger partial charge in [-0.05, 0) is 24.1 Å². The maximum absolute atomic E-state index is 12.8. The van der Waals surface area contributed by atoms with Gasteiger partial charge in [0.2, 0.25) is 11.8 Å². The van der Waals surface area contributed by atoms with E-state index in [2.05, 4.69) is 10.2 Å². The van der Waals surface area contributed by atoms with Gasteiger partial charge in [0.25, 0.3) is 0 Å². The molecule has 1 aromatic heterocycles. The SMILES string of the molecule is Cc1ccc2c(CC(=O)N3CCN(CC(=O)NCc4ccccc4)CC3)coc2c1. The first-order chi connectivity index (χ1) is 14.6. The summed E-state index contributed by atoms with van der Waals surface area (Å²) in [4.78, 5) is 28.9. The summed E-state index contributed by atoms with van der Waals surface area (Å²) in [5, 5.41) is 3.96. The van der Waals surface area contributed by atoms with Gasteiger partial charge in [-0.3, -0.25) is 14.5 Å². The third-order valence-corrected chi connectivity index (χ3v) is 5.58. The molecule has 1 saturated heterocycles. The summed E-state index contributed by atoms with van der Waals surface area (Å²) < 4.78 is 5.61. The van der Waals surface area contributed by atoms with Crippen molar-refractivity contribution in [1.82, 2.24) is 15.1 Å². The van der Waals surface area contributed by atoms with Crippen molar-refractivity contribution in [2.75, 3.05) is 32.7 Å². The summed E-state index contributed by atoms with van der Waals surface area (Å²) in [6, 6.07) is 15.9. The maximum Gasteiger partial charge on any atom is 0.234 e. The number of furan rings is 1. The van der Waals surface area contributed by atoms with Crippen LogP contribution in [0.4, 0.5) is 0 Å². The molecule has 0 spiro atoms. The van der Waals surface area contributed by atoms with Gasteiger partial charge in [-0.2, -0.15) is 0 Å². The number of fused-ring (bicyclic) bond motifs is 1. The lowest BCUT2D eigenvalue weighted by Crippen LogP contribution is -2.51. The quantitative estimate of drug-likeness (QED) is 0.685. The predicted molar refractivity (Wildman–Crippen MR) is 116 cm³/mol. The Balaban J connectivity index is 1.23. The fraction of sp³-hybridized carbons (Fsp3) is 0.333. The zero-order valence-electron chi connectivity index (χ0n) is 17.3. The molecule has 30 heavy (non-hydrogen) atoms. The van der Waals surface area contributed by atoms with Gasteiger partial charge in [-0.25, -0.2) is 0 Å². The number of amides is 2. The molecule has 6 nitrogen and oxygen atoms in total. The van der Waals surface area contributed by atoms with Gasteiger partial charge in [-0.1, -0.05) is 42.5 Å². The Labute approximate surface area is 176 Å². The van der Waals surface area contributed by atoms with Gasteiger partial charge >= 0.3 is 0 Å². The van der Waals surface area contributed by atoms with Crippen LogP contribution in [0, 0.1) is 6.92 Å². The highest BCUT2D eigenvalue weighted by Crippen LogP contribution is 2.23. The first kappa shape index (κ1) is 20.2. The van der Waals surface area contributed by atoms with Crippen LogP contribution in [0.5, 0.6) is 0 Å². The Kier molecular flexibility index (Phi) is 6.14. The molecule has 6 heteroatoms. The van der Waals surface area contributed by atoms with Crippen molar-refractivity contribution in [3.8, 4) is 0 Å². The second kappa shape index (κ2) is 9.13. The van der Waals surface area contributed by atoms with Gasteiger partial charge in [0.1, 0.15) is 5.58 Å². The number of piperazine rings is 1. The van der Waals surface area contributed by atoms with E-state index in [1.54, 1.807) is 6.26 Å². The van der Waals surface area contributed by atoms with Crippen molar-refractivity contribution in [3.63, 3.8) is 0 Å². The third kappa shape index (κ3) is 4.89. The third-order valence-electron chi connectivity index (χ3n) is 5.58. The largest absolute Gasteiger partial charge is 0.464 e. The number of rotatable bonds is 6. The molecule has 2 heterocycles. The zero-order chi connectivity index (χ0) is 20.9. The van der Waals surface area contributed by atoms with Crippen LogP contribution in [-0.4, -0.2) is 54.3 Å². The van der Waals surface area contributed by atoms with Crippen LogP contribution in [-0.2, 0) is 22.6 Å². The molecule has 0 saturated carbocycles. The summed E-state index contributed by atoms with van der Waals surface area (Å²) in [5.74, 6) is 0.116. The molecular formula is C24H27N3O3. The summed E-state index contributed by atoms with van der Waals surface area (Å²) in [5.41, 5.74) is 3.98. The summed E-state index contributed by atoms with van der Waals surface area (Å²) in [6.07, 6.45) is 2.03. The minimum Gasteiger partial charge on any atom is -0.464 e. The average Bonchev–Trinajstić information content (AvgIpc) is 3.15. The number of carbonyl (C=O) groups excluding carboxylic acids is 2. The van der Waals surface area contributed by atoms with Crippen LogP contribution in [0.1, 0.15) is 16.7 Å². The van der Waals surface area contributed by atoms with Crippen LogP contribution in [0.3, 0.4) is 0 Å². The lowest BCUT2D eigenvalue weighted by Gasteiger charge is -2.34. The van der Waals surface area contributed by atoms with E-state index in [-0.39, 0.29) is 11.8 Å².